The summed E-state index contributed by atoms with van der Waals surface area (Å²) < 4.78 is 0. The minimum atomic E-state index is 0.489. The zero-order valence-corrected chi connectivity index (χ0v) is 9.94. The summed E-state index contributed by atoms with van der Waals surface area (Å²) in [5, 5.41) is 0. The third-order valence-corrected chi connectivity index (χ3v) is 4.06. The minimum Gasteiger partial charge on any atom is -0.0651 e. The predicted octanol–water partition coefficient (Wildman–Crippen LogP) is 4.35. The molecule has 0 aromatic heterocycles. The fourth-order valence-electron chi connectivity index (χ4n) is 1.83. The molecule has 0 nitrogen and oxygen atoms in total. The van der Waals surface area contributed by atoms with Gasteiger partial charge in [0.1, 0.15) is 0 Å². The van der Waals surface area contributed by atoms with Crippen LogP contribution in [0.15, 0.2) is 0 Å². The van der Waals surface area contributed by atoms with E-state index in [9.17, 15) is 0 Å². The van der Waals surface area contributed by atoms with Crippen molar-refractivity contribution in [3.05, 3.63) is 0 Å². The van der Waals surface area contributed by atoms with Gasteiger partial charge in [-0.3, -0.25) is 0 Å². The highest BCUT2D eigenvalue weighted by Gasteiger charge is 2.32. The molecule has 0 spiro atoms. The summed E-state index contributed by atoms with van der Waals surface area (Å²) in [6.45, 7) is 16.5. The minimum absolute atomic E-state index is 0.489. The van der Waals surface area contributed by atoms with Gasteiger partial charge in [0, 0.05) is 0 Å². The Morgan fingerprint density at radius 1 is 1.00 bits per heavy atom. The van der Waals surface area contributed by atoms with Crippen LogP contribution >= 0.6 is 0 Å². The largest absolute Gasteiger partial charge is 0.0651 e. The van der Waals surface area contributed by atoms with Crippen LogP contribution in [0.2, 0.25) is 0 Å². The molecule has 2 atom stereocenters. The van der Waals surface area contributed by atoms with Gasteiger partial charge in [-0.2, -0.15) is 0 Å². The third-order valence-electron chi connectivity index (χ3n) is 4.06. The molecule has 0 aromatic rings. The second-order valence-electron chi connectivity index (χ2n) is 5.16. The van der Waals surface area contributed by atoms with Gasteiger partial charge in [0.05, 0.1) is 0 Å². The first-order valence-electron chi connectivity index (χ1n) is 5.34. The zero-order chi connectivity index (χ0) is 9.94. The van der Waals surface area contributed by atoms with Gasteiger partial charge in [0.25, 0.3) is 0 Å². The Balaban J connectivity index is 4.37. The van der Waals surface area contributed by atoms with E-state index in [1.54, 1.807) is 0 Å². The second kappa shape index (κ2) is 4.30. The van der Waals surface area contributed by atoms with E-state index in [1.807, 2.05) is 0 Å². The molecule has 0 fully saturated rings. The first-order chi connectivity index (χ1) is 5.34. The molecule has 0 radical (unpaired) electrons. The van der Waals surface area contributed by atoms with E-state index < -0.39 is 0 Å². The van der Waals surface area contributed by atoms with Crippen LogP contribution < -0.4 is 0 Å². The van der Waals surface area contributed by atoms with Crippen molar-refractivity contribution in [2.24, 2.45) is 23.2 Å². The molecular weight excluding hydrogens is 144 g/mol. The van der Waals surface area contributed by atoms with Crippen molar-refractivity contribution in [3.63, 3.8) is 0 Å². The summed E-state index contributed by atoms with van der Waals surface area (Å²) in [4.78, 5) is 0. The van der Waals surface area contributed by atoms with Crippen LogP contribution in [-0.4, -0.2) is 0 Å². The van der Waals surface area contributed by atoms with Gasteiger partial charge in [-0.05, 0) is 23.2 Å². The van der Waals surface area contributed by atoms with Crippen LogP contribution in [0, 0.1) is 23.2 Å². The molecule has 0 saturated heterocycles. The summed E-state index contributed by atoms with van der Waals surface area (Å²) in [7, 11) is 0. The van der Waals surface area contributed by atoms with Gasteiger partial charge in [-0.15, -0.1) is 0 Å². The molecule has 0 aliphatic carbocycles. The maximum atomic E-state index is 2.41. The van der Waals surface area contributed by atoms with E-state index in [0.29, 0.717) is 5.41 Å². The Hall–Kier alpha value is 0. The number of hydrogen-bond donors (Lipinski definition) is 0. The van der Waals surface area contributed by atoms with Crippen molar-refractivity contribution in [1.82, 2.24) is 0 Å². The molecule has 0 N–H and O–H groups in total. The van der Waals surface area contributed by atoms with E-state index in [4.69, 9.17) is 0 Å². The predicted molar refractivity (Wildman–Crippen MR) is 57.2 cm³/mol. The van der Waals surface area contributed by atoms with Gasteiger partial charge in [-0.25, -0.2) is 0 Å². The molecule has 0 bridgehead atoms. The van der Waals surface area contributed by atoms with Gasteiger partial charge in [0.2, 0.25) is 0 Å². The quantitative estimate of drug-likeness (QED) is 0.588. The average molecular weight is 170 g/mol. The SMILES string of the molecule is CCC(C)C(C)(C)C(C)C(C)C. The molecule has 74 valence electrons. The topological polar surface area (TPSA) is 0 Å². The fourth-order valence-corrected chi connectivity index (χ4v) is 1.83. The van der Waals surface area contributed by atoms with Crippen molar-refractivity contribution in [2.45, 2.75) is 54.9 Å². The van der Waals surface area contributed by atoms with E-state index in [-0.39, 0.29) is 0 Å². The molecule has 0 rings (SSSR count). The van der Waals surface area contributed by atoms with Crippen molar-refractivity contribution in [1.29, 1.82) is 0 Å². The van der Waals surface area contributed by atoms with E-state index in [2.05, 4.69) is 48.5 Å². The Bertz CT molecular complexity index is 122. The maximum absolute atomic E-state index is 2.41. The monoisotopic (exact) mass is 170 g/mol. The third kappa shape index (κ3) is 2.50. The van der Waals surface area contributed by atoms with E-state index in [0.717, 1.165) is 17.8 Å². The molecule has 0 aromatic carbocycles. The molecule has 0 saturated carbocycles. The summed E-state index contributed by atoms with van der Waals surface area (Å²) in [5.74, 6) is 2.44. The number of hydrogen-bond acceptors (Lipinski definition) is 0. The average Bonchev–Trinajstić information content (AvgIpc) is 2.01. The maximum Gasteiger partial charge on any atom is -0.0301 e. The first-order valence-corrected chi connectivity index (χ1v) is 5.34. The highest BCUT2D eigenvalue weighted by molar-refractivity contribution is 4.81. The standard InChI is InChI=1S/C12H26/c1-8-10(4)12(6,7)11(5)9(2)3/h9-11H,8H2,1-7H3. The normalized spacial score (nSPS) is 18.0. The highest BCUT2D eigenvalue weighted by atomic mass is 14.4. The first kappa shape index (κ1) is 12.0. The molecular formula is C12H26. The molecule has 2 unspecified atom stereocenters. The molecule has 0 amide bonds. The Morgan fingerprint density at radius 2 is 1.42 bits per heavy atom. The van der Waals surface area contributed by atoms with Gasteiger partial charge >= 0.3 is 0 Å². The lowest BCUT2D eigenvalue weighted by atomic mass is 9.66. The summed E-state index contributed by atoms with van der Waals surface area (Å²) >= 11 is 0. The van der Waals surface area contributed by atoms with Crippen molar-refractivity contribution in [3.8, 4) is 0 Å². The molecule has 0 heterocycles. The fraction of sp³-hybridized carbons (Fsp3) is 1.00. The lowest BCUT2D eigenvalue weighted by Gasteiger charge is -2.39. The van der Waals surface area contributed by atoms with Crippen molar-refractivity contribution >= 4 is 0 Å². The van der Waals surface area contributed by atoms with Gasteiger partial charge in [0.15, 0.2) is 0 Å². The molecule has 0 aliphatic rings. The molecule has 12 heavy (non-hydrogen) atoms. The van der Waals surface area contributed by atoms with Gasteiger partial charge in [-0.1, -0.05) is 54.9 Å². The summed E-state index contributed by atoms with van der Waals surface area (Å²) in [5.41, 5.74) is 0.489. The van der Waals surface area contributed by atoms with E-state index >= 15 is 0 Å². The van der Waals surface area contributed by atoms with E-state index in [1.165, 1.54) is 6.42 Å². The van der Waals surface area contributed by atoms with Crippen LogP contribution in [0.3, 0.4) is 0 Å². The zero-order valence-electron chi connectivity index (χ0n) is 9.94. The molecule has 0 aliphatic heterocycles. The molecule has 0 heteroatoms. The van der Waals surface area contributed by atoms with Gasteiger partial charge < -0.3 is 0 Å². The summed E-state index contributed by atoms with van der Waals surface area (Å²) in [6.07, 6.45) is 1.30. The van der Waals surface area contributed by atoms with Crippen molar-refractivity contribution in [2.75, 3.05) is 0 Å². The summed E-state index contributed by atoms with van der Waals surface area (Å²) in [6, 6.07) is 0. The van der Waals surface area contributed by atoms with Crippen LogP contribution in [0.4, 0.5) is 0 Å². The smallest absolute Gasteiger partial charge is 0.0301 e. The van der Waals surface area contributed by atoms with Crippen LogP contribution in [0.25, 0.3) is 0 Å². The number of rotatable bonds is 4. The lowest BCUT2D eigenvalue weighted by molar-refractivity contribution is 0.0994. The second-order valence-corrected chi connectivity index (χ2v) is 5.16. The van der Waals surface area contributed by atoms with Crippen LogP contribution in [0.1, 0.15) is 54.9 Å². The highest BCUT2D eigenvalue weighted by Crippen LogP contribution is 2.40. The van der Waals surface area contributed by atoms with Crippen LogP contribution in [-0.2, 0) is 0 Å². The Labute approximate surface area is 78.8 Å². The Kier molecular flexibility index (Phi) is 4.30. The lowest BCUT2D eigenvalue weighted by Crippen LogP contribution is -2.32. The van der Waals surface area contributed by atoms with Crippen LogP contribution in [0.5, 0.6) is 0 Å². The Morgan fingerprint density at radius 3 is 1.67 bits per heavy atom. The van der Waals surface area contributed by atoms with Crippen molar-refractivity contribution < 1.29 is 0 Å².